The van der Waals surface area contributed by atoms with Crippen LogP contribution in [-0.2, 0) is 33.2 Å². The van der Waals surface area contributed by atoms with Crippen LogP contribution < -0.4 is 0 Å². The summed E-state index contributed by atoms with van der Waals surface area (Å²) in [6, 6.07) is -0.322. The van der Waals surface area contributed by atoms with Crippen molar-refractivity contribution in [2.45, 2.75) is 179 Å². The van der Waals surface area contributed by atoms with E-state index >= 15 is 0 Å². The van der Waals surface area contributed by atoms with Crippen molar-refractivity contribution in [2.24, 2.45) is 28.8 Å². The van der Waals surface area contributed by atoms with Gasteiger partial charge in [-0.2, -0.15) is 0 Å². The number of cyclic esters (lactones) is 1. The number of methoxy groups -OCH3 is 1. The molecule has 0 aromatic rings. The van der Waals surface area contributed by atoms with Crippen molar-refractivity contribution in [3.63, 3.8) is 0 Å². The number of aliphatic hydroxyl groups is 5. The van der Waals surface area contributed by atoms with Gasteiger partial charge in [0.25, 0.3) is 0 Å². The molecule has 3 rings (SSSR count). The molecular weight excluding hydrogens is 680 g/mol. The predicted octanol–water partition coefficient (Wildman–Crippen LogP) is 2.05. The molecule has 0 bridgehead atoms. The average molecular weight is 749 g/mol. The summed E-state index contributed by atoms with van der Waals surface area (Å²) in [5.41, 5.74) is -4.68. The second-order valence-electron chi connectivity index (χ2n) is 16.6. The van der Waals surface area contributed by atoms with Crippen LogP contribution in [0.25, 0.3) is 0 Å². The van der Waals surface area contributed by atoms with E-state index in [1.54, 1.807) is 55.4 Å². The van der Waals surface area contributed by atoms with Crippen molar-refractivity contribution in [2.75, 3.05) is 21.2 Å². The Morgan fingerprint density at radius 3 is 2.08 bits per heavy atom. The van der Waals surface area contributed by atoms with Crippen LogP contribution >= 0.6 is 0 Å². The van der Waals surface area contributed by atoms with Gasteiger partial charge >= 0.3 is 5.97 Å². The monoisotopic (exact) mass is 748 g/mol. The maximum Gasteiger partial charge on any atom is 0.311 e. The fourth-order valence-electron chi connectivity index (χ4n) is 8.61. The molecule has 0 aliphatic carbocycles. The first-order valence-electron chi connectivity index (χ1n) is 18.7. The lowest BCUT2D eigenvalue weighted by Crippen LogP contribution is -2.61. The number of esters is 1. The quantitative estimate of drug-likeness (QED) is 0.125. The van der Waals surface area contributed by atoms with Gasteiger partial charge in [-0.25, -0.2) is 0 Å². The molecule has 0 amide bonds. The molecule has 15 nitrogen and oxygen atoms in total. The molecule has 0 spiro atoms. The number of ether oxygens (including phenoxy) is 6. The van der Waals surface area contributed by atoms with Crippen LogP contribution in [0.15, 0.2) is 5.16 Å². The van der Waals surface area contributed by atoms with E-state index in [-0.39, 0.29) is 37.1 Å². The molecule has 15 heteroatoms. The molecule has 3 heterocycles. The van der Waals surface area contributed by atoms with Crippen LogP contribution in [0.2, 0.25) is 0 Å². The Kier molecular flexibility index (Phi) is 15.1. The minimum absolute atomic E-state index is 0.0657. The largest absolute Gasteiger partial charge is 0.459 e. The van der Waals surface area contributed by atoms with Crippen LogP contribution in [0.5, 0.6) is 0 Å². The summed E-state index contributed by atoms with van der Waals surface area (Å²) in [6.07, 6.45) is -9.51. The van der Waals surface area contributed by atoms with E-state index in [0.29, 0.717) is 6.42 Å². The average Bonchev–Trinajstić information content (AvgIpc) is 3.06. The molecule has 52 heavy (non-hydrogen) atoms. The molecule has 3 saturated heterocycles. The summed E-state index contributed by atoms with van der Waals surface area (Å²) in [5, 5.41) is 71.8. The fourth-order valence-corrected chi connectivity index (χ4v) is 8.61. The maximum absolute atomic E-state index is 14.1. The SMILES string of the molecule is CC[C@@H]1OC(=O)[C@H](C)[C@H](O[C@H]2CC(C)(OC)[C@@H](O)C(C)O2)[C@@H](C)[C@H](O[C@@H]2OC(C)CC(N(C)C)C2O)[C@](C)(O)C[C@H](C)/C(=N/O)[C@H](C)[C@@H](O)[C@]1(C)O. The molecule has 3 fully saturated rings. The zero-order valence-electron chi connectivity index (χ0n) is 33.4. The van der Waals surface area contributed by atoms with Crippen molar-refractivity contribution >= 4 is 11.7 Å². The van der Waals surface area contributed by atoms with E-state index in [9.17, 15) is 35.5 Å². The topological polar surface area (TPSA) is 209 Å². The first kappa shape index (κ1) is 44.9. The van der Waals surface area contributed by atoms with Crippen molar-refractivity contribution < 1.29 is 64.0 Å². The van der Waals surface area contributed by atoms with Gasteiger partial charge in [-0.05, 0) is 74.9 Å². The third-order valence-electron chi connectivity index (χ3n) is 12.0. The highest BCUT2D eigenvalue weighted by molar-refractivity contribution is 5.88. The van der Waals surface area contributed by atoms with Gasteiger partial charge in [-0.15, -0.1) is 0 Å². The van der Waals surface area contributed by atoms with E-state index in [4.69, 9.17) is 28.4 Å². The van der Waals surface area contributed by atoms with Crippen molar-refractivity contribution in [3.05, 3.63) is 0 Å². The van der Waals surface area contributed by atoms with Gasteiger partial charge in [-0.3, -0.25) is 4.79 Å². The standard InChI is InChI=1S/C37H68N2O13/c1-14-25-37(10,45)30(41)20(4)27(38-46)18(2)16-35(8,44)32(52-34-28(40)24(39(11)12)15-19(3)48-34)21(5)29(22(6)33(43)50-25)51-26-17-36(9,47-13)31(42)23(7)49-26/h18-26,28-32,34,40-42,44-46H,14-17H2,1-13H3/b38-27-/t18-,19?,20-,21+,22+,23?,24?,25-,26-,28?,29+,30+,31-,32-,34-,35+,36?,37+/m0/s1. The lowest BCUT2D eigenvalue weighted by atomic mass is 9.73. The van der Waals surface area contributed by atoms with Gasteiger partial charge < -0.3 is 64.1 Å². The van der Waals surface area contributed by atoms with E-state index in [0.717, 1.165) is 0 Å². The van der Waals surface area contributed by atoms with Gasteiger partial charge in [0.05, 0.1) is 53.4 Å². The molecule has 3 aliphatic rings. The van der Waals surface area contributed by atoms with Crippen LogP contribution in [0, 0.1) is 23.7 Å². The Balaban J connectivity index is 2.21. The number of nitrogens with zero attached hydrogens (tertiary/aromatic N) is 2. The summed E-state index contributed by atoms with van der Waals surface area (Å²) in [6.45, 7) is 16.6. The Labute approximate surface area is 309 Å². The molecule has 5 unspecified atom stereocenters. The smallest absolute Gasteiger partial charge is 0.311 e. The van der Waals surface area contributed by atoms with Crippen molar-refractivity contribution in [3.8, 4) is 0 Å². The second kappa shape index (κ2) is 17.5. The Morgan fingerprint density at radius 1 is 0.923 bits per heavy atom. The first-order valence-corrected chi connectivity index (χ1v) is 18.7. The molecule has 0 aromatic carbocycles. The van der Waals surface area contributed by atoms with Crippen molar-refractivity contribution in [1.82, 2.24) is 4.90 Å². The number of rotatable bonds is 7. The predicted molar refractivity (Wildman–Crippen MR) is 190 cm³/mol. The zero-order chi connectivity index (χ0) is 39.7. The number of oxime groups is 1. The minimum atomic E-state index is -1.97. The van der Waals surface area contributed by atoms with E-state index in [1.807, 2.05) is 25.9 Å². The van der Waals surface area contributed by atoms with Crippen LogP contribution in [0.4, 0.5) is 0 Å². The highest BCUT2D eigenvalue weighted by atomic mass is 16.7. The number of hydrogen-bond donors (Lipinski definition) is 6. The molecule has 18 atom stereocenters. The van der Waals surface area contributed by atoms with Crippen molar-refractivity contribution in [1.29, 1.82) is 0 Å². The fraction of sp³-hybridized carbons (Fsp3) is 0.946. The normalized spacial score (nSPS) is 49.8. The zero-order valence-corrected chi connectivity index (χ0v) is 33.4. The number of carbonyl (C=O) groups is 1. The van der Waals surface area contributed by atoms with Gasteiger partial charge in [-0.1, -0.05) is 32.9 Å². The maximum atomic E-state index is 14.1. The summed E-state index contributed by atoms with van der Waals surface area (Å²) >= 11 is 0. The Morgan fingerprint density at radius 2 is 1.54 bits per heavy atom. The first-order chi connectivity index (χ1) is 24.0. The second-order valence-corrected chi connectivity index (χ2v) is 16.6. The highest BCUT2D eigenvalue weighted by Crippen LogP contribution is 2.41. The van der Waals surface area contributed by atoms with Gasteiger partial charge in [0.1, 0.15) is 23.9 Å². The molecule has 3 aliphatic heterocycles. The third kappa shape index (κ3) is 9.47. The van der Waals surface area contributed by atoms with Crippen LogP contribution in [-0.4, -0.2) is 153 Å². The molecule has 0 radical (unpaired) electrons. The molecule has 0 saturated carbocycles. The Bertz CT molecular complexity index is 1200. The Hall–Kier alpha value is -1.50. The van der Waals surface area contributed by atoms with Gasteiger partial charge in [0.2, 0.25) is 0 Å². The van der Waals surface area contributed by atoms with E-state index in [1.165, 1.54) is 14.0 Å². The van der Waals surface area contributed by atoms with Crippen LogP contribution in [0.1, 0.15) is 94.9 Å². The summed E-state index contributed by atoms with van der Waals surface area (Å²) < 4.78 is 37.2. The minimum Gasteiger partial charge on any atom is -0.459 e. The number of hydrogen-bond acceptors (Lipinski definition) is 15. The lowest BCUT2D eigenvalue weighted by Gasteiger charge is -2.49. The number of carbonyl (C=O) groups excluding carboxylic acids is 1. The van der Waals surface area contributed by atoms with Gasteiger partial charge in [0, 0.05) is 37.3 Å². The summed E-state index contributed by atoms with van der Waals surface area (Å²) in [4.78, 5) is 16.0. The molecule has 0 aromatic heterocycles. The molecule has 304 valence electrons. The molecule has 6 N–H and O–H groups in total. The summed E-state index contributed by atoms with van der Waals surface area (Å²) in [5.74, 6) is -4.24. The van der Waals surface area contributed by atoms with Gasteiger partial charge in [0.15, 0.2) is 12.6 Å². The third-order valence-corrected chi connectivity index (χ3v) is 12.0. The molecular formula is C37H68N2O13. The van der Waals surface area contributed by atoms with Crippen LogP contribution in [0.3, 0.4) is 0 Å². The number of likely N-dealkylation sites (N-methyl/N-ethyl adjacent to an activating group) is 1. The summed E-state index contributed by atoms with van der Waals surface area (Å²) in [7, 11) is 5.19. The van der Waals surface area contributed by atoms with E-state index in [2.05, 4.69) is 5.16 Å². The number of aliphatic hydroxyl groups excluding tert-OH is 3. The van der Waals surface area contributed by atoms with E-state index < -0.39 is 102 Å². The highest BCUT2D eigenvalue weighted by Gasteiger charge is 2.53. The lowest BCUT2D eigenvalue weighted by molar-refractivity contribution is -0.317.